The summed E-state index contributed by atoms with van der Waals surface area (Å²) in [4.78, 5) is 12.7. The van der Waals surface area contributed by atoms with Gasteiger partial charge in [0.2, 0.25) is 5.91 Å². The molecule has 0 bridgehead atoms. The minimum Gasteiger partial charge on any atom is -0.496 e. The lowest BCUT2D eigenvalue weighted by atomic mass is 9.99. The van der Waals surface area contributed by atoms with Crippen LogP contribution in [0.15, 0.2) is 83.5 Å². The van der Waals surface area contributed by atoms with Crippen molar-refractivity contribution in [3.8, 4) is 16.9 Å². The van der Waals surface area contributed by atoms with Crippen molar-refractivity contribution < 1.29 is 13.9 Å². The number of allylic oxidation sites excluding steroid dienone is 1. The van der Waals surface area contributed by atoms with Gasteiger partial charge in [-0.2, -0.15) is 0 Å². The Labute approximate surface area is 192 Å². The van der Waals surface area contributed by atoms with Crippen molar-refractivity contribution in [3.05, 3.63) is 95.2 Å². The van der Waals surface area contributed by atoms with E-state index >= 15 is 0 Å². The van der Waals surface area contributed by atoms with Gasteiger partial charge in [0, 0.05) is 33.7 Å². The summed E-state index contributed by atoms with van der Waals surface area (Å²) < 4.78 is 11.4. The lowest BCUT2D eigenvalue weighted by Crippen LogP contribution is -2.24. The van der Waals surface area contributed by atoms with Crippen LogP contribution in [0.2, 0.25) is 5.02 Å². The van der Waals surface area contributed by atoms with E-state index in [0.717, 1.165) is 33.2 Å². The molecule has 0 spiro atoms. The molecular weight excluding hydrogens is 422 g/mol. The SMILES string of the molecule is COc1cc2occ(-c3ccc(Cl)cc3)c2cc1/C(C)=C/C(=O)NC(C)c1ccccc1. The molecule has 162 valence electrons. The average molecular weight is 446 g/mol. The van der Waals surface area contributed by atoms with Crippen molar-refractivity contribution in [2.45, 2.75) is 19.9 Å². The summed E-state index contributed by atoms with van der Waals surface area (Å²) in [6.45, 7) is 3.87. The van der Waals surface area contributed by atoms with E-state index in [2.05, 4.69) is 5.32 Å². The van der Waals surface area contributed by atoms with Gasteiger partial charge < -0.3 is 14.5 Å². The highest BCUT2D eigenvalue weighted by molar-refractivity contribution is 6.30. The number of amides is 1. The first-order chi connectivity index (χ1) is 15.5. The molecule has 0 aliphatic carbocycles. The van der Waals surface area contributed by atoms with Gasteiger partial charge in [-0.25, -0.2) is 0 Å². The number of furan rings is 1. The molecule has 0 aliphatic rings. The smallest absolute Gasteiger partial charge is 0.244 e. The Morgan fingerprint density at radius 3 is 2.50 bits per heavy atom. The predicted octanol–water partition coefficient (Wildman–Crippen LogP) is 7.04. The summed E-state index contributed by atoms with van der Waals surface area (Å²) >= 11 is 6.04. The Hall–Kier alpha value is -3.50. The van der Waals surface area contributed by atoms with E-state index < -0.39 is 0 Å². The molecule has 0 saturated carbocycles. The Morgan fingerprint density at radius 1 is 1.09 bits per heavy atom. The molecule has 3 aromatic carbocycles. The van der Waals surface area contributed by atoms with Crippen LogP contribution in [-0.2, 0) is 4.79 Å². The number of fused-ring (bicyclic) bond motifs is 1. The second-order valence-electron chi connectivity index (χ2n) is 7.67. The van der Waals surface area contributed by atoms with E-state index in [0.29, 0.717) is 16.4 Å². The van der Waals surface area contributed by atoms with Crippen LogP contribution in [-0.4, -0.2) is 13.0 Å². The number of benzene rings is 3. The summed E-state index contributed by atoms with van der Waals surface area (Å²) in [7, 11) is 1.61. The molecule has 0 aliphatic heterocycles. The van der Waals surface area contributed by atoms with Gasteiger partial charge in [-0.1, -0.05) is 54.1 Å². The molecular formula is C27H24ClNO3. The van der Waals surface area contributed by atoms with E-state index in [1.807, 2.05) is 80.6 Å². The first kappa shape index (κ1) is 21.7. The first-order valence-corrected chi connectivity index (χ1v) is 10.7. The average Bonchev–Trinajstić information content (AvgIpc) is 3.22. The van der Waals surface area contributed by atoms with Crippen molar-refractivity contribution in [2.75, 3.05) is 7.11 Å². The molecule has 1 N–H and O–H groups in total. The zero-order chi connectivity index (χ0) is 22.7. The highest BCUT2D eigenvalue weighted by Crippen LogP contribution is 2.37. The molecule has 4 aromatic rings. The lowest BCUT2D eigenvalue weighted by molar-refractivity contribution is -0.117. The molecule has 1 atom stereocenters. The van der Waals surface area contributed by atoms with Crippen LogP contribution in [0.4, 0.5) is 0 Å². The molecule has 32 heavy (non-hydrogen) atoms. The highest BCUT2D eigenvalue weighted by Gasteiger charge is 2.15. The Kier molecular flexibility index (Phi) is 6.33. The van der Waals surface area contributed by atoms with Gasteiger partial charge >= 0.3 is 0 Å². The van der Waals surface area contributed by atoms with Gasteiger partial charge in [0.05, 0.1) is 19.4 Å². The minimum atomic E-state index is -0.161. The maximum Gasteiger partial charge on any atom is 0.244 e. The fourth-order valence-corrected chi connectivity index (χ4v) is 3.87. The van der Waals surface area contributed by atoms with Crippen molar-refractivity contribution in [1.29, 1.82) is 0 Å². The number of hydrogen-bond acceptors (Lipinski definition) is 3. The molecule has 0 radical (unpaired) electrons. The number of hydrogen-bond donors (Lipinski definition) is 1. The summed E-state index contributed by atoms with van der Waals surface area (Å²) in [6, 6.07) is 21.2. The van der Waals surface area contributed by atoms with Gasteiger partial charge in [0.15, 0.2) is 0 Å². The second-order valence-corrected chi connectivity index (χ2v) is 8.11. The van der Waals surface area contributed by atoms with Crippen LogP contribution in [0.25, 0.3) is 27.7 Å². The van der Waals surface area contributed by atoms with Crippen LogP contribution in [0.3, 0.4) is 0 Å². The van der Waals surface area contributed by atoms with Crippen LogP contribution in [0.1, 0.15) is 31.0 Å². The fraction of sp³-hybridized carbons (Fsp3) is 0.148. The van der Waals surface area contributed by atoms with Gasteiger partial charge in [-0.3, -0.25) is 4.79 Å². The molecule has 1 amide bonds. The normalized spacial score (nSPS) is 12.6. The van der Waals surface area contributed by atoms with Crippen LogP contribution < -0.4 is 10.1 Å². The van der Waals surface area contributed by atoms with Gasteiger partial charge in [0.1, 0.15) is 11.3 Å². The second kappa shape index (κ2) is 9.33. The quantitative estimate of drug-likeness (QED) is 0.324. The molecule has 1 aromatic heterocycles. The number of carbonyl (C=O) groups excluding carboxylic acids is 1. The van der Waals surface area contributed by atoms with E-state index in [1.165, 1.54) is 0 Å². The van der Waals surface area contributed by atoms with E-state index in [-0.39, 0.29) is 11.9 Å². The van der Waals surface area contributed by atoms with Gasteiger partial charge in [0.25, 0.3) is 0 Å². The minimum absolute atomic E-state index is 0.0949. The number of halogens is 1. The number of ether oxygens (including phenoxy) is 1. The van der Waals surface area contributed by atoms with E-state index in [1.54, 1.807) is 19.4 Å². The Bertz CT molecular complexity index is 1270. The summed E-state index contributed by atoms with van der Waals surface area (Å²) in [5, 5.41) is 4.64. The number of rotatable bonds is 6. The van der Waals surface area contributed by atoms with E-state index in [4.69, 9.17) is 20.8 Å². The predicted molar refractivity (Wildman–Crippen MR) is 130 cm³/mol. The molecule has 5 heteroatoms. The molecule has 4 nitrogen and oxygen atoms in total. The summed E-state index contributed by atoms with van der Waals surface area (Å²) in [5.41, 5.74) is 5.35. The monoisotopic (exact) mass is 445 g/mol. The van der Waals surface area contributed by atoms with Crippen molar-refractivity contribution >= 4 is 34.1 Å². The van der Waals surface area contributed by atoms with Crippen molar-refractivity contribution in [2.24, 2.45) is 0 Å². The lowest BCUT2D eigenvalue weighted by Gasteiger charge is -2.14. The zero-order valence-electron chi connectivity index (χ0n) is 18.2. The fourth-order valence-electron chi connectivity index (χ4n) is 3.74. The number of carbonyl (C=O) groups is 1. The standard InChI is InChI=1S/C27H24ClNO3/c1-17(13-27(30)29-18(2)19-7-5-4-6-8-19)22-14-23-24(20-9-11-21(28)12-10-20)16-32-26(23)15-25(22)31-3/h4-16,18H,1-3H3,(H,29,30)/b17-13+. The number of nitrogens with one attached hydrogen (secondary N) is 1. The summed E-state index contributed by atoms with van der Waals surface area (Å²) in [6.07, 6.45) is 3.33. The summed E-state index contributed by atoms with van der Waals surface area (Å²) in [5.74, 6) is 0.485. The first-order valence-electron chi connectivity index (χ1n) is 10.4. The largest absolute Gasteiger partial charge is 0.496 e. The van der Waals surface area contributed by atoms with Crippen molar-refractivity contribution in [1.82, 2.24) is 5.32 Å². The molecule has 4 rings (SSSR count). The highest BCUT2D eigenvalue weighted by atomic mass is 35.5. The molecule has 0 saturated heterocycles. The molecule has 1 heterocycles. The van der Waals surface area contributed by atoms with Crippen LogP contribution in [0.5, 0.6) is 5.75 Å². The maximum atomic E-state index is 12.7. The topological polar surface area (TPSA) is 51.5 Å². The number of methoxy groups -OCH3 is 1. The van der Waals surface area contributed by atoms with Crippen molar-refractivity contribution in [3.63, 3.8) is 0 Å². The zero-order valence-corrected chi connectivity index (χ0v) is 18.9. The third kappa shape index (κ3) is 4.56. The van der Waals surface area contributed by atoms with E-state index in [9.17, 15) is 4.79 Å². The third-order valence-corrected chi connectivity index (χ3v) is 5.73. The Balaban J connectivity index is 1.66. The third-order valence-electron chi connectivity index (χ3n) is 5.48. The van der Waals surface area contributed by atoms with Gasteiger partial charge in [-0.15, -0.1) is 0 Å². The molecule has 0 fully saturated rings. The Morgan fingerprint density at radius 2 is 1.81 bits per heavy atom. The van der Waals surface area contributed by atoms with Gasteiger partial charge in [-0.05, 0) is 48.7 Å². The molecule has 1 unspecified atom stereocenters. The maximum absolute atomic E-state index is 12.7. The van der Waals surface area contributed by atoms with Crippen LogP contribution >= 0.6 is 11.6 Å². The van der Waals surface area contributed by atoms with Crippen LogP contribution in [0, 0.1) is 0 Å².